The van der Waals surface area contributed by atoms with Crippen molar-refractivity contribution in [2.45, 2.75) is 13.0 Å². The van der Waals surface area contributed by atoms with Crippen molar-refractivity contribution in [2.24, 2.45) is 0 Å². The largest absolute Gasteiger partial charge is 0.347 e. The standard InChI is InChI=1S/C13H15N3/c1-15-6-2-7-16-8-5-12-4-3-11(10-14)9-13(12)16/h3-5,8-9,15H,2,6-7H2,1H3. The summed E-state index contributed by atoms with van der Waals surface area (Å²) < 4.78 is 2.20. The van der Waals surface area contributed by atoms with Gasteiger partial charge in [-0.25, -0.2) is 0 Å². The van der Waals surface area contributed by atoms with E-state index < -0.39 is 0 Å². The van der Waals surface area contributed by atoms with Crippen LogP contribution in [0.5, 0.6) is 0 Å². The first-order valence-electron chi connectivity index (χ1n) is 5.49. The lowest BCUT2D eigenvalue weighted by atomic mass is 10.2. The van der Waals surface area contributed by atoms with Crippen molar-refractivity contribution < 1.29 is 0 Å². The van der Waals surface area contributed by atoms with Crippen LogP contribution in [0.25, 0.3) is 10.9 Å². The summed E-state index contributed by atoms with van der Waals surface area (Å²) in [6.45, 7) is 2.00. The molecule has 1 aromatic carbocycles. The van der Waals surface area contributed by atoms with Gasteiger partial charge in [-0.2, -0.15) is 5.26 Å². The Labute approximate surface area is 95.3 Å². The van der Waals surface area contributed by atoms with Crippen LogP contribution in [-0.4, -0.2) is 18.2 Å². The number of hydrogen-bond donors (Lipinski definition) is 1. The summed E-state index contributed by atoms with van der Waals surface area (Å²) in [6.07, 6.45) is 3.18. The maximum atomic E-state index is 8.87. The molecule has 1 N–H and O–H groups in total. The second kappa shape index (κ2) is 4.82. The van der Waals surface area contributed by atoms with Gasteiger partial charge in [0.25, 0.3) is 0 Å². The Kier molecular flexibility index (Phi) is 3.23. The molecular formula is C13H15N3. The molecule has 0 spiro atoms. The lowest BCUT2D eigenvalue weighted by molar-refractivity contribution is 0.627. The molecule has 0 fully saturated rings. The summed E-state index contributed by atoms with van der Waals surface area (Å²) in [4.78, 5) is 0. The number of rotatable bonds is 4. The Balaban J connectivity index is 2.28. The maximum absolute atomic E-state index is 8.87. The van der Waals surface area contributed by atoms with E-state index in [4.69, 9.17) is 5.26 Å². The van der Waals surface area contributed by atoms with Gasteiger partial charge < -0.3 is 9.88 Å². The highest BCUT2D eigenvalue weighted by Gasteiger charge is 2.01. The molecular weight excluding hydrogens is 198 g/mol. The van der Waals surface area contributed by atoms with E-state index in [-0.39, 0.29) is 0 Å². The molecule has 1 aromatic heterocycles. The van der Waals surface area contributed by atoms with E-state index in [1.165, 1.54) is 5.39 Å². The molecule has 0 aliphatic heterocycles. The van der Waals surface area contributed by atoms with Crippen molar-refractivity contribution in [3.63, 3.8) is 0 Å². The third kappa shape index (κ3) is 2.07. The van der Waals surface area contributed by atoms with Crippen LogP contribution in [0.1, 0.15) is 12.0 Å². The molecule has 0 bridgehead atoms. The number of nitrogens with zero attached hydrogens (tertiary/aromatic N) is 2. The van der Waals surface area contributed by atoms with Gasteiger partial charge in [0.2, 0.25) is 0 Å². The average Bonchev–Trinajstić information content (AvgIpc) is 2.72. The van der Waals surface area contributed by atoms with Gasteiger partial charge >= 0.3 is 0 Å². The topological polar surface area (TPSA) is 40.8 Å². The summed E-state index contributed by atoms with van der Waals surface area (Å²) >= 11 is 0. The summed E-state index contributed by atoms with van der Waals surface area (Å²) in [5, 5.41) is 13.2. The molecule has 0 saturated heterocycles. The number of hydrogen-bond acceptors (Lipinski definition) is 2. The van der Waals surface area contributed by atoms with Crippen molar-refractivity contribution in [1.82, 2.24) is 9.88 Å². The molecule has 2 rings (SSSR count). The Morgan fingerprint density at radius 2 is 2.25 bits per heavy atom. The lowest BCUT2D eigenvalue weighted by Crippen LogP contribution is -2.10. The van der Waals surface area contributed by atoms with Crippen molar-refractivity contribution in [2.75, 3.05) is 13.6 Å². The van der Waals surface area contributed by atoms with Gasteiger partial charge in [0, 0.05) is 18.3 Å². The zero-order chi connectivity index (χ0) is 11.4. The van der Waals surface area contributed by atoms with Gasteiger partial charge in [0.05, 0.1) is 11.6 Å². The minimum Gasteiger partial charge on any atom is -0.347 e. The molecule has 1 heterocycles. The number of aromatic nitrogens is 1. The van der Waals surface area contributed by atoms with Crippen LogP contribution < -0.4 is 5.32 Å². The predicted molar refractivity (Wildman–Crippen MR) is 65.2 cm³/mol. The van der Waals surface area contributed by atoms with Gasteiger partial charge in [0.15, 0.2) is 0 Å². The third-order valence-corrected chi connectivity index (χ3v) is 2.73. The van der Waals surface area contributed by atoms with E-state index in [0.717, 1.165) is 30.6 Å². The molecule has 3 nitrogen and oxygen atoms in total. The quantitative estimate of drug-likeness (QED) is 0.790. The van der Waals surface area contributed by atoms with Crippen LogP contribution in [0.15, 0.2) is 30.5 Å². The average molecular weight is 213 g/mol. The number of benzene rings is 1. The van der Waals surface area contributed by atoms with Crippen molar-refractivity contribution in [3.05, 3.63) is 36.0 Å². The number of nitriles is 1. The van der Waals surface area contributed by atoms with E-state index in [1.54, 1.807) is 0 Å². The van der Waals surface area contributed by atoms with Gasteiger partial charge in [0.1, 0.15) is 0 Å². The fourth-order valence-electron chi connectivity index (χ4n) is 1.87. The predicted octanol–water partition coefficient (Wildman–Crippen LogP) is 2.12. The van der Waals surface area contributed by atoms with E-state index in [2.05, 4.69) is 28.2 Å². The molecule has 16 heavy (non-hydrogen) atoms. The van der Waals surface area contributed by atoms with E-state index in [9.17, 15) is 0 Å². The molecule has 0 aliphatic rings. The first-order valence-corrected chi connectivity index (χ1v) is 5.49. The Bertz CT molecular complexity index is 519. The molecule has 0 aliphatic carbocycles. The molecule has 0 saturated carbocycles. The van der Waals surface area contributed by atoms with Crippen molar-refractivity contribution in [1.29, 1.82) is 5.26 Å². The minimum absolute atomic E-state index is 0.723. The summed E-state index contributed by atoms with van der Waals surface area (Å²) in [5.74, 6) is 0. The lowest BCUT2D eigenvalue weighted by Gasteiger charge is -2.05. The van der Waals surface area contributed by atoms with Crippen molar-refractivity contribution >= 4 is 10.9 Å². The van der Waals surface area contributed by atoms with Crippen LogP contribution in [0, 0.1) is 11.3 Å². The van der Waals surface area contributed by atoms with Gasteiger partial charge in [-0.3, -0.25) is 0 Å². The number of aryl methyl sites for hydroxylation is 1. The molecule has 82 valence electrons. The highest BCUT2D eigenvalue weighted by atomic mass is 15.0. The fourth-order valence-corrected chi connectivity index (χ4v) is 1.87. The van der Waals surface area contributed by atoms with E-state index in [1.807, 2.05) is 25.2 Å². The second-order valence-electron chi connectivity index (χ2n) is 3.85. The first kappa shape index (κ1) is 10.7. The molecule has 0 radical (unpaired) electrons. The Morgan fingerprint density at radius 3 is 3.00 bits per heavy atom. The third-order valence-electron chi connectivity index (χ3n) is 2.73. The fraction of sp³-hybridized carbons (Fsp3) is 0.308. The summed E-state index contributed by atoms with van der Waals surface area (Å²) in [7, 11) is 1.96. The zero-order valence-corrected chi connectivity index (χ0v) is 9.40. The molecule has 0 atom stereocenters. The molecule has 0 amide bonds. The molecule has 0 unspecified atom stereocenters. The van der Waals surface area contributed by atoms with Gasteiger partial charge in [-0.1, -0.05) is 6.07 Å². The van der Waals surface area contributed by atoms with Crippen LogP contribution in [0.3, 0.4) is 0 Å². The maximum Gasteiger partial charge on any atom is 0.0992 e. The Morgan fingerprint density at radius 1 is 1.38 bits per heavy atom. The second-order valence-corrected chi connectivity index (χ2v) is 3.85. The number of nitrogens with one attached hydrogen (secondary N) is 1. The van der Waals surface area contributed by atoms with Gasteiger partial charge in [-0.15, -0.1) is 0 Å². The minimum atomic E-state index is 0.723. The Hall–Kier alpha value is -1.79. The van der Waals surface area contributed by atoms with E-state index in [0.29, 0.717) is 0 Å². The van der Waals surface area contributed by atoms with Crippen LogP contribution >= 0.6 is 0 Å². The SMILES string of the molecule is CNCCCn1ccc2ccc(C#N)cc21. The summed E-state index contributed by atoms with van der Waals surface area (Å²) in [6, 6.07) is 10.1. The molecule has 3 heteroatoms. The summed E-state index contributed by atoms with van der Waals surface area (Å²) in [5.41, 5.74) is 1.87. The highest BCUT2D eigenvalue weighted by molar-refractivity contribution is 5.81. The monoisotopic (exact) mass is 213 g/mol. The van der Waals surface area contributed by atoms with Crippen LogP contribution in [0.2, 0.25) is 0 Å². The first-order chi connectivity index (χ1) is 7.85. The zero-order valence-electron chi connectivity index (χ0n) is 9.40. The highest BCUT2D eigenvalue weighted by Crippen LogP contribution is 2.17. The van der Waals surface area contributed by atoms with Gasteiger partial charge in [-0.05, 0) is 43.6 Å². The van der Waals surface area contributed by atoms with Crippen LogP contribution in [-0.2, 0) is 6.54 Å². The van der Waals surface area contributed by atoms with E-state index >= 15 is 0 Å². The van der Waals surface area contributed by atoms with Crippen molar-refractivity contribution in [3.8, 4) is 6.07 Å². The normalized spacial score (nSPS) is 10.5. The smallest absolute Gasteiger partial charge is 0.0992 e. The number of fused-ring (bicyclic) bond motifs is 1. The van der Waals surface area contributed by atoms with Crippen LogP contribution in [0.4, 0.5) is 0 Å². The molecule has 2 aromatic rings.